The van der Waals surface area contributed by atoms with Crippen molar-refractivity contribution in [2.45, 2.75) is 12.7 Å². The highest BCUT2D eigenvalue weighted by molar-refractivity contribution is 5.94. The van der Waals surface area contributed by atoms with Crippen LogP contribution < -0.4 is 11.1 Å². The SMILES string of the molecule is Nc1ccc(CNC(=O)c2c(C(F)(F)F)nc3ccccn23)cn1. The van der Waals surface area contributed by atoms with Crippen LogP contribution in [0.25, 0.3) is 5.65 Å². The van der Waals surface area contributed by atoms with Crippen molar-refractivity contribution in [2.24, 2.45) is 0 Å². The van der Waals surface area contributed by atoms with E-state index in [1.165, 1.54) is 30.6 Å². The minimum absolute atomic E-state index is 0.0173. The molecule has 0 atom stereocenters. The Balaban J connectivity index is 1.92. The van der Waals surface area contributed by atoms with E-state index in [0.717, 1.165) is 4.40 Å². The number of nitrogens with two attached hydrogens (primary N) is 1. The molecule has 0 aliphatic rings. The average Bonchev–Trinajstić information content (AvgIpc) is 2.94. The van der Waals surface area contributed by atoms with E-state index in [2.05, 4.69) is 15.3 Å². The predicted molar refractivity (Wildman–Crippen MR) is 80.0 cm³/mol. The van der Waals surface area contributed by atoms with Crippen molar-refractivity contribution in [3.8, 4) is 0 Å². The number of carbonyl (C=O) groups excluding carboxylic acids is 1. The summed E-state index contributed by atoms with van der Waals surface area (Å²) in [7, 11) is 0. The summed E-state index contributed by atoms with van der Waals surface area (Å²) in [5.41, 5.74) is 4.34. The van der Waals surface area contributed by atoms with Crippen molar-refractivity contribution in [1.29, 1.82) is 0 Å². The highest BCUT2D eigenvalue weighted by Gasteiger charge is 2.40. The highest BCUT2D eigenvalue weighted by atomic mass is 19.4. The summed E-state index contributed by atoms with van der Waals surface area (Å²) in [5.74, 6) is -0.566. The Morgan fingerprint density at radius 3 is 2.71 bits per heavy atom. The molecule has 3 heterocycles. The minimum Gasteiger partial charge on any atom is -0.384 e. The molecule has 24 heavy (non-hydrogen) atoms. The number of anilines is 1. The van der Waals surface area contributed by atoms with Crippen molar-refractivity contribution in [1.82, 2.24) is 19.7 Å². The maximum atomic E-state index is 13.2. The van der Waals surface area contributed by atoms with E-state index in [1.807, 2.05) is 0 Å². The number of nitrogens with one attached hydrogen (secondary N) is 1. The fourth-order valence-corrected chi connectivity index (χ4v) is 2.22. The molecule has 3 rings (SSSR count). The molecule has 124 valence electrons. The van der Waals surface area contributed by atoms with E-state index in [4.69, 9.17) is 5.73 Å². The zero-order valence-corrected chi connectivity index (χ0v) is 12.2. The van der Waals surface area contributed by atoms with Crippen molar-refractivity contribution in [3.05, 3.63) is 59.7 Å². The van der Waals surface area contributed by atoms with Gasteiger partial charge in [0.05, 0.1) is 0 Å². The molecule has 0 fully saturated rings. The molecule has 9 heteroatoms. The van der Waals surface area contributed by atoms with E-state index in [-0.39, 0.29) is 12.2 Å². The van der Waals surface area contributed by atoms with Gasteiger partial charge in [0, 0.05) is 18.9 Å². The van der Waals surface area contributed by atoms with Crippen LogP contribution in [0.4, 0.5) is 19.0 Å². The second kappa shape index (κ2) is 5.84. The van der Waals surface area contributed by atoms with Crippen LogP contribution >= 0.6 is 0 Å². The largest absolute Gasteiger partial charge is 0.435 e. The van der Waals surface area contributed by atoms with E-state index in [0.29, 0.717) is 11.4 Å². The summed E-state index contributed by atoms with van der Waals surface area (Å²) >= 11 is 0. The van der Waals surface area contributed by atoms with Crippen LogP contribution in [0.3, 0.4) is 0 Å². The first kappa shape index (κ1) is 15.8. The summed E-state index contributed by atoms with van der Waals surface area (Å²) in [6.45, 7) is 0.0173. The first-order chi connectivity index (χ1) is 11.4. The van der Waals surface area contributed by atoms with Gasteiger partial charge in [-0.1, -0.05) is 12.1 Å². The van der Waals surface area contributed by atoms with Gasteiger partial charge in [0.1, 0.15) is 17.2 Å². The molecule has 0 saturated heterocycles. The van der Waals surface area contributed by atoms with Gasteiger partial charge in [-0.15, -0.1) is 0 Å². The Kier molecular flexibility index (Phi) is 3.84. The fraction of sp³-hybridized carbons (Fsp3) is 0.133. The minimum atomic E-state index is -4.73. The third kappa shape index (κ3) is 3.00. The Morgan fingerprint density at radius 2 is 2.04 bits per heavy atom. The maximum absolute atomic E-state index is 13.2. The number of amides is 1. The summed E-state index contributed by atoms with van der Waals surface area (Å²) < 4.78 is 40.6. The Hall–Kier alpha value is -3.10. The number of carbonyl (C=O) groups is 1. The summed E-state index contributed by atoms with van der Waals surface area (Å²) in [6.07, 6.45) is -1.94. The molecule has 0 bridgehead atoms. The van der Waals surface area contributed by atoms with Gasteiger partial charge in [-0.05, 0) is 23.8 Å². The lowest BCUT2D eigenvalue weighted by atomic mass is 10.2. The lowest BCUT2D eigenvalue weighted by Gasteiger charge is -2.09. The summed E-state index contributed by atoms with van der Waals surface area (Å²) in [4.78, 5) is 19.7. The van der Waals surface area contributed by atoms with Gasteiger partial charge in [-0.2, -0.15) is 13.2 Å². The maximum Gasteiger partial charge on any atom is 0.435 e. The Morgan fingerprint density at radius 1 is 1.25 bits per heavy atom. The molecule has 3 aromatic rings. The van der Waals surface area contributed by atoms with Crippen LogP contribution in [0.2, 0.25) is 0 Å². The third-order valence-corrected chi connectivity index (χ3v) is 3.31. The van der Waals surface area contributed by atoms with Crippen molar-refractivity contribution < 1.29 is 18.0 Å². The molecule has 0 radical (unpaired) electrons. The number of aromatic nitrogens is 3. The lowest BCUT2D eigenvalue weighted by molar-refractivity contribution is -0.141. The van der Waals surface area contributed by atoms with Crippen LogP contribution in [0.15, 0.2) is 42.7 Å². The van der Waals surface area contributed by atoms with Gasteiger partial charge in [0.15, 0.2) is 5.69 Å². The van der Waals surface area contributed by atoms with Gasteiger partial charge in [-0.3, -0.25) is 9.20 Å². The lowest BCUT2D eigenvalue weighted by Crippen LogP contribution is -2.27. The summed E-state index contributed by atoms with van der Waals surface area (Å²) in [5, 5.41) is 2.44. The summed E-state index contributed by atoms with van der Waals surface area (Å²) in [6, 6.07) is 7.63. The second-order valence-corrected chi connectivity index (χ2v) is 5.01. The van der Waals surface area contributed by atoms with Crippen molar-refractivity contribution in [2.75, 3.05) is 5.73 Å². The first-order valence-electron chi connectivity index (χ1n) is 6.89. The number of nitrogen functional groups attached to an aromatic ring is 1. The van der Waals surface area contributed by atoms with Crippen LogP contribution in [-0.2, 0) is 12.7 Å². The van der Waals surface area contributed by atoms with Crippen LogP contribution in [0.5, 0.6) is 0 Å². The number of alkyl halides is 3. The van der Waals surface area contributed by atoms with Crippen molar-refractivity contribution in [3.63, 3.8) is 0 Å². The van der Waals surface area contributed by atoms with Gasteiger partial charge in [-0.25, -0.2) is 9.97 Å². The number of pyridine rings is 2. The van der Waals surface area contributed by atoms with E-state index >= 15 is 0 Å². The molecule has 0 unspecified atom stereocenters. The van der Waals surface area contributed by atoms with E-state index in [1.54, 1.807) is 12.1 Å². The molecular weight excluding hydrogens is 323 g/mol. The number of halogens is 3. The average molecular weight is 335 g/mol. The Labute approximate surface area is 134 Å². The fourth-order valence-electron chi connectivity index (χ4n) is 2.22. The molecule has 0 saturated carbocycles. The van der Waals surface area contributed by atoms with E-state index < -0.39 is 23.5 Å². The molecule has 0 aliphatic carbocycles. The molecule has 0 aliphatic heterocycles. The topological polar surface area (TPSA) is 85.3 Å². The number of rotatable bonds is 3. The van der Waals surface area contributed by atoms with Gasteiger partial charge >= 0.3 is 6.18 Å². The van der Waals surface area contributed by atoms with Crippen LogP contribution in [0.1, 0.15) is 21.7 Å². The van der Waals surface area contributed by atoms with Gasteiger partial charge in [0.25, 0.3) is 5.91 Å². The molecule has 1 amide bonds. The van der Waals surface area contributed by atoms with Crippen LogP contribution in [0, 0.1) is 0 Å². The number of fused-ring (bicyclic) bond motifs is 1. The normalized spacial score (nSPS) is 11.6. The molecule has 3 N–H and O–H groups in total. The van der Waals surface area contributed by atoms with Gasteiger partial charge in [0.2, 0.25) is 0 Å². The van der Waals surface area contributed by atoms with Crippen LogP contribution in [-0.4, -0.2) is 20.3 Å². The zero-order chi connectivity index (χ0) is 17.3. The van der Waals surface area contributed by atoms with E-state index in [9.17, 15) is 18.0 Å². The monoisotopic (exact) mass is 335 g/mol. The highest BCUT2D eigenvalue weighted by Crippen LogP contribution is 2.31. The van der Waals surface area contributed by atoms with Crippen molar-refractivity contribution >= 4 is 17.4 Å². The number of nitrogens with zero attached hydrogens (tertiary/aromatic N) is 3. The molecule has 0 aromatic carbocycles. The third-order valence-electron chi connectivity index (χ3n) is 3.31. The molecule has 6 nitrogen and oxygen atoms in total. The molecule has 3 aromatic heterocycles. The zero-order valence-electron chi connectivity index (χ0n) is 12.2. The molecular formula is C15H12F3N5O. The first-order valence-corrected chi connectivity index (χ1v) is 6.89. The van der Waals surface area contributed by atoms with Gasteiger partial charge < -0.3 is 11.1 Å². The molecule has 0 spiro atoms. The smallest absolute Gasteiger partial charge is 0.384 e. The predicted octanol–water partition coefficient (Wildman–Crippen LogP) is 2.26. The number of hydrogen-bond acceptors (Lipinski definition) is 4. The number of imidazole rings is 1. The quantitative estimate of drug-likeness (QED) is 0.769. The second-order valence-electron chi connectivity index (χ2n) is 5.01. The standard InChI is InChI=1S/C15H12F3N5O/c16-15(17,18)13-12(23-6-2-1-3-11(23)22-13)14(24)21-8-9-4-5-10(19)20-7-9/h1-7H,8H2,(H2,19,20)(H,21,24). The Bertz CT molecular complexity index is 886. The number of hydrogen-bond donors (Lipinski definition) is 2.